The molecule has 7 nitrogen and oxygen atoms in total. The lowest BCUT2D eigenvalue weighted by Gasteiger charge is -2.11. The summed E-state index contributed by atoms with van der Waals surface area (Å²) in [7, 11) is 0. The van der Waals surface area contributed by atoms with Gasteiger partial charge in [-0.25, -0.2) is 9.97 Å². The molecule has 1 aromatic carbocycles. The number of anilines is 2. The van der Waals surface area contributed by atoms with Gasteiger partial charge in [-0.1, -0.05) is 50.8 Å². The number of rotatable bonds is 13. The second-order valence-corrected chi connectivity index (χ2v) is 8.75. The van der Waals surface area contributed by atoms with E-state index < -0.39 is 5.97 Å². The van der Waals surface area contributed by atoms with Crippen LogP contribution >= 0.6 is 11.3 Å². The first-order chi connectivity index (χ1) is 16.0. The van der Waals surface area contributed by atoms with Crippen LogP contribution in [0.4, 0.5) is 10.9 Å². The Labute approximate surface area is 198 Å². The number of carboxylic acid groups (broad SMARTS) is 1. The van der Waals surface area contributed by atoms with Crippen molar-refractivity contribution in [1.82, 2.24) is 9.97 Å². The lowest BCUT2D eigenvalue weighted by molar-refractivity contribution is -0.136. The van der Waals surface area contributed by atoms with E-state index in [1.165, 1.54) is 49.0 Å². The molecular formula is C25H30N4O3S. The van der Waals surface area contributed by atoms with Gasteiger partial charge in [0, 0.05) is 23.7 Å². The van der Waals surface area contributed by atoms with Crippen molar-refractivity contribution in [2.45, 2.75) is 58.4 Å². The fourth-order valence-electron chi connectivity index (χ4n) is 3.45. The van der Waals surface area contributed by atoms with Gasteiger partial charge in [-0.2, -0.15) is 0 Å². The van der Waals surface area contributed by atoms with Crippen LogP contribution in [0.5, 0.6) is 0 Å². The number of aliphatic carboxylic acids is 1. The molecule has 0 radical (unpaired) electrons. The molecule has 0 atom stereocenters. The second-order valence-electron chi connectivity index (χ2n) is 7.89. The summed E-state index contributed by atoms with van der Waals surface area (Å²) < 4.78 is 0. The van der Waals surface area contributed by atoms with Crippen molar-refractivity contribution in [1.29, 1.82) is 0 Å². The third-order valence-corrected chi connectivity index (χ3v) is 6.03. The standard InChI is InChI=1S/C25H30N4O3S/c1-2-3-4-5-6-8-19-9-7-14-26-23(19)27-16-18-10-12-20(13-11-18)24(32)29-25-28-21(17-33-25)15-22(30)31/h7,9-14,17H,2-6,8,15-16H2,1H3,(H,26,27)(H,30,31)(H,28,29,32). The van der Waals surface area contributed by atoms with Crippen LogP contribution in [0.25, 0.3) is 0 Å². The number of unbranched alkanes of at least 4 members (excludes halogenated alkanes) is 4. The summed E-state index contributed by atoms with van der Waals surface area (Å²) in [6.45, 7) is 2.84. The number of thiazole rings is 1. The van der Waals surface area contributed by atoms with Gasteiger partial charge in [0.05, 0.1) is 12.1 Å². The number of aromatic nitrogens is 2. The smallest absolute Gasteiger partial charge is 0.309 e. The van der Waals surface area contributed by atoms with Crippen LogP contribution in [0.15, 0.2) is 48.0 Å². The van der Waals surface area contributed by atoms with Crippen LogP contribution in [0, 0.1) is 0 Å². The average molecular weight is 467 g/mol. The number of pyridine rings is 1. The normalized spacial score (nSPS) is 10.7. The Morgan fingerprint density at radius 2 is 1.85 bits per heavy atom. The molecule has 0 aliphatic rings. The molecule has 0 saturated carbocycles. The quantitative estimate of drug-likeness (QED) is 0.286. The maximum Gasteiger partial charge on any atom is 0.309 e. The molecule has 1 amide bonds. The summed E-state index contributed by atoms with van der Waals surface area (Å²) in [4.78, 5) is 31.9. The van der Waals surface area contributed by atoms with E-state index in [0.29, 0.717) is 22.9 Å². The second kappa shape index (κ2) is 12.7. The Morgan fingerprint density at radius 3 is 2.61 bits per heavy atom. The lowest BCUT2D eigenvalue weighted by Crippen LogP contribution is -2.12. The molecule has 0 aliphatic carbocycles. The molecule has 0 saturated heterocycles. The molecule has 0 spiro atoms. The van der Waals surface area contributed by atoms with E-state index in [9.17, 15) is 9.59 Å². The van der Waals surface area contributed by atoms with Crippen LogP contribution in [-0.4, -0.2) is 27.0 Å². The molecule has 0 aliphatic heterocycles. The number of amides is 1. The van der Waals surface area contributed by atoms with Crippen molar-refractivity contribution >= 4 is 34.2 Å². The van der Waals surface area contributed by atoms with Crippen molar-refractivity contribution in [3.8, 4) is 0 Å². The fraction of sp³-hybridized carbons (Fsp3) is 0.360. The number of carboxylic acids is 1. The molecule has 0 unspecified atom stereocenters. The molecule has 2 heterocycles. The van der Waals surface area contributed by atoms with Gasteiger partial charge < -0.3 is 10.4 Å². The predicted molar refractivity (Wildman–Crippen MR) is 132 cm³/mol. The monoisotopic (exact) mass is 466 g/mol. The fourth-order valence-corrected chi connectivity index (χ4v) is 4.15. The number of hydrogen-bond donors (Lipinski definition) is 3. The van der Waals surface area contributed by atoms with Gasteiger partial charge in [0.15, 0.2) is 5.13 Å². The van der Waals surface area contributed by atoms with Gasteiger partial charge in [0.25, 0.3) is 5.91 Å². The molecule has 0 bridgehead atoms. The minimum Gasteiger partial charge on any atom is -0.481 e. The third-order valence-electron chi connectivity index (χ3n) is 5.22. The maximum atomic E-state index is 12.5. The number of carbonyl (C=O) groups is 2. The third kappa shape index (κ3) is 7.98. The van der Waals surface area contributed by atoms with Gasteiger partial charge >= 0.3 is 5.97 Å². The molecule has 0 fully saturated rings. The maximum absolute atomic E-state index is 12.5. The molecule has 33 heavy (non-hydrogen) atoms. The minimum atomic E-state index is -0.952. The zero-order valence-electron chi connectivity index (χ0n) is 18.8. The largest absolute Gasteiger partial charge is 0.481 e. The van der Waals surface area contributed by atoms with E-state index in [1.807, 2.05) is 18.2 Å². The zero-order valence-corrected chi connectivity index (χ0v) is 19.7. The Morgan fingerprint density at radius 1 is 1.06 bits per heavy atom. The van der Waals surface area contributed by atoms with E-state index in [1.54, 1.807) is 23.7 Å². The van der Waals surface area contributed by atoms with Crippen molar-refractivity contribution < 1.29 is 14.7 Å². The van der Waals surface area contributed by atoms with Crippen LogP contribution < -0.4 is 10.6 Å². The van der Waals surface area contributed by atoms with E-state index >= 15 is 0 Å². The van der Waals surface area contributed by atoms with E-state index in [-0.39, 0.29) is 12.3 Å². The Kier molecular flexibility index (Phi) is 9.38. The molecule has 3 aromatic rings. The highest BCUT2D eigenvalue weighted by Crippen LogP contribution is 2.19. The van der Waals surface area contributed by atoms with Crippen LogP contribution in [0.1, 0.15) is 66.2 Å². The summed E-state index contributed by atoms with van der Waals surface area (Å²) in [5, 5.41) is 17.0. The van der Waals surface area contributed by atoms with Crippen molar-refractivity contribution in [3.63, 3.8) is 0 Å². The van der Waals surface area contributed by atoms with Crippen molar-refractivity contribution in [3.05, 3.63) is 70.4 Å². The summed E-state index contributed by atoms with van der Waals surface area (Å²) in [5.74, 6) is -0.316. The Bertz CT molecular complexity index is 1050. The summed E-state index contributed by atoms with van der Waals surface area (Å²) >= 11 is 1.21. The average Bonchev–Trinajstić information content (AvgIpc) is 3.24. The summed E-state index contributed by atoms with van der Waals surface area (Å²) in [6.07, 6.45) is 8.90. The predicted octanol–water partition coefficient (Wildman–Crippen LogP) is 5.54. The first-order valence-electron chi connectivity index (χ1n) is 11.3. The number of hydrogen-bond acceptors (Lipinski definition) is 6. The SMILES string of the molecule is CCCCCCCc1cccnc1NCc1ccc(C(=O)Nc2nc(CC(=O)O)cs2)cc1. The first-order valence-corrected chi connectivity index (χ1v) is 12.2. The van der Waals surface area contributed by atoms with Gasteiger partial charge in [0.2, 0.25) is 0 Å². The zero-order chi connectivity index (χ0) is 23.5. The molecular weight excluding hydrogens is 436 g/mol. The Balaban J connectivity index is 1.51. The number of carbonyl (C=O) groups excluding carboxylic acids is 1. The van der Waals surface area contributed by atoms with E-state index in [2.05, 4.69) is 33.6 Å². The Hall–Kier alpha value is -3.26. The van der Waals surface area contributed by atoms with Crippen molar-refractivity contribution in [2.24, 2.45) is 0 Å². The van der Waals surface area contributed by atoms with Crippen LogP contribution in [0.2, 0.25) is 0 Å². The number of aryl methyl sites for hydroxylation is 1. The topological polar surface area (TPSA) is 104 Å². The molecule has 2 aromatic heterocycles. The number of nitrogens with zero attached hydrogens (tertiary/aromatic N) is 2. The number of benzene rings is 1. The lowest BCUT2D eigenvalue weighted by atomic mass is 10.1. The van der Waals surface area contributed by atoms with Gasteiger partial charge in [-0.05, 0) is 42.2 Å². The molecule has 8 heteroatoms. The highest BCUT2D eigenvalue weighted by molar-refractivity contribution is 7.14. The summed E-state index contributed by atoms with van der Waals surface area (Å²) in [5.41, 5.74) is 3.22. The first kappa shape index (κ1) is 24.4. The van der Waals surface area contributed by atoms with Crippen LogP contribution in [0.3, 0.4) is 0 Å². The molecule has 3 N–H and O–H groups in total. The highest BCUT2D eigenvalue weighted by atomic mass is 32.1. The summed E-state index contributed by atoms with van der Waals surface area (Å²) in [6, 6.07) is 11.5. The van der Waals surface area contributed by atoms with Crippen molar-refractivity contribution in [2.75, 3.05) is 10.6 Å². The van der Waals surface area contributed by atoms with E-state index in [4.69, 9.17) is 5.11 Å². The van der Waals surface area contributed by atoms with Gasteiger partial charge in [0.1, 0.15) is 5.82 Å². The minimum absolute atomic E-state index is 0.162. The van der Waals surface area contributed by atoms with E-state index in [0.717, 1.165) is 17.8 Å². The van der Waals surface area contributed by atoms with Crippen LogP contribution in [-0.2, 0) is 24.2 Å². The van der Waals surface area contributed by atoms with Gasteiger partial charge in [-0.15, -0.1) is 11.3 Å². The van der Waals surface area contributed by atoms with Gasteiger partial charge in [-0.3, -0.25) is 14.9 Å². The molecule has 174 valence electrons. The number of nitrogens with one attached hydrogen (secondary N) is 2. The highest BCUT2D eigenvalue weighted by Gasteiger charge is 2.11. The molecule has 3 rings (SSSR count).